The van der Waals surface area contributed by atoms with Gasteiger partial charge in [-0.1, -0.05) is 36.4 Å². The topological polar surface area (TPSA) is 70.6 Å². The normalized spacial score (nSPS) is 19.5. The average molecular weight is 424 g/mol. The van der Waals surface area contributed by atoms with Gasteiger partial charge < -0.3 is 9.64 Å². The van der Waals surface area contributed by atoms with Crippen LogP contribution in [0.1, 0.15) is 6.42 Å². The number of nitrogens with zero attached hydrogens (tertiary/aromatic N) is 3. The molecule has 0 radical (unpaired) electrons. The second kappa shape index (κ2) is 9.13. The molecule has 1 aliphatic rings. The lowest BCUT2D eigenvalue weighted by Gasteiger charge is -2.24. The lowest BCUT2D eigenvalue weighted by Crippen LogP contribution is -3.16. The SMILES string of the molecule is C=CCn1c(-c2ccccc2)nn(C[NH+](CCOC)[C@@H]2CCS(=O)(=O)C2)c1=S. The Morgan fingerprint density at radius 1 is 1.39 bits per heavy atom. The number of allylic oxidation sites excluding steroid dienone is 1. The molecule has 7 nitrogen and oxygen atoms in total. The molecule has 1 N–H and O–H groups in total. The fourth-order valence-electron chi connectivity index (χ4n) is 3.59. The number of aromatic nitrogens is 3. The molecule has 1 unspecified atom stereocenters. The summed E-state index contributed by atoms with van der Waals surface area (Å²) in [6, 6.07) is 9.93. The van der Waals surface area contributed by atoms with Crippen LogP contribution in [0, 0.1) is 4.77 Å². The monoisotopic (exact) mass is 423 g/mol. The van der Waals surface area contributed by atoms with Gasteiger partial charge in [0, 0.05) is 25.6 Å². The number of rotatable bonds is 9. The van der Waals surface area contributed by atoms with E-state index in [2.05, 4.69) is 6.58 Å². The van der Waals surface area contributed by atoms with Gasteiger partial charge in [-0.3, -0.25) is 4.57 Å². The van der Waals surface area contributed by atoms with Crippen molar-refractivity contribution in [1.29, 1.82) is 0 Å². The minimum absolute atomic E-state index is 0.0341. The average Bonchev–Trinajstić information content (AvgIpc) is 3.20. The van der Waals surface area contributed by atoms with Crippen LogP contribution in [-0.4, -0.2) is 60.6 Å². The molecule has 1 aromatic heterocycles. The molecule has 152 valence electrons. The molecule has 1 aromatic carbocycles. The summed E-state index contributed by atoms with van der Waals surface area (Å²) >= 11 is 5.68. The van der Waals surface area contributed by atoms with Crippen molar-refractivity contribution in [1.82, 2.24) is 14.3 Å². The Kier molecular flexibility index (Phi) is 6.82. The Hall–Kier alpha value is -1.81. The summed E-state index contributed by atoms with van der Waals surface area (Å²) < 4.78 is 33.5. The van der Waals surface area contributed by atoms with Crippen LogP contribution in [-0.2, 0) is 27.8 Å². The van der Waals surface area contributed by atoms with E-state index in [9.17, 15) is 8.42 Å². The van der Waals surface area contributed by atoms with Crippen LogP contribution in [0.2, 0.25) is 0 Å². The highest BCUT2D eigenvalue weighted by atomic mass is 32.2. The van der Waals surface area contributed by atoms with Crippen LogP contribution in [0.25, 0.3) is 11.4 Å². The number of hydrogen-bond donors (Lipinski definition) is 1. The fraction of sp³-hybridized carbons (Fsp3) is 0.474. The number of sulfone groups is 1. The third-order valence-corrected chi connectivity index (χ3v) is 7.26. The van der Waals surface area contributed by atoms with E-state index in [4.69, 9.17) is 22.1 Å². The van der Waals surface area contributed by atoms with Gasteiger partial charge in [0.15, 0.2) is 22.3 Å². The highest BCUT2D eigenvalue weighted by Crippen LogP contribution is 2.18. The molecule has 28 heavy (non-hydrogen) atoms. The summed E-state index contributed by atoms with van der Waals surface area (Å²) in [4.78, 5) is 1.13. The van der Waals surface area contributed by atoms with Gasteiger partial charge in [0.25, 0.3) is 0 Å². The molecule has 3 rings (SSSR count). The third kappa shape index (κ3) is 4.78. The predicted octanol–water partition coefficient (Wildman–Crippen LogP) is 0.943. The van der Waals surface area contributed by atoms with Crippen LogP contribution in [0.3, 0.4) is 0 Å². The zero-order chi connectivity index (χ0) is 20.1. The molecule has 9 heteroatoms. The first-order valence-electron chi connectivity index (χ1n) is 9.33. The molecule has 0 bridgehead atoms. The van der Waals surface area contributed by atoms with Gasteiger partial charge in [-0.05, 0) is 12.2 Å². The van der Waals surface area contributed by atoms with E-state index in [1.807, 2.05) is 34.9 Å². The first-order valence-corrected chi connectivity index (χ1v) is 11.6. The summed E-state index contributed by atoms with van der Waals surface area (Å²) in [5, 5.41) is 4.77. The van der Waals surface area contributed by atoms with Crippen molar-refractivity contribution in [2.75, 3.05) is 31.8 Å². The van der Waals surface area contributed by atoms with Crippen molar-refractivity contribution >= 4 is 22.1 Å². The van der Waals surface area contributed by atoms with E-state index in [-0.39, 0.29) is 17.5 Å². The maximum Gasteiger partial charge on any atom is 0.203 e. The number of ether oxygens (including phenoxy) is 1. The summed E-state index contributed by atoms with van der Waals surface area (Å²) in [5.74, 6) is 1.24. The summed E-state index contributed by atoms with van der Waals surface area (Å²) in [6.45, 7) is 6.15. The van der Waals surface area contributed by atoms with Gasteiger partial charge in [-0.2, -0.15) is 4.68 Å². The Bertz CT molecular complexity index is 967. The minimum atomic E-state index is -2.96. The van der Waals surface area contributed by atoms with Gasteiger partial charge in [0.05, 0.1) is 12.4 Å². The van der Waals surface area contributed by atoms with Crippen molar-refractivity contribution in [2.45, 2.75) is 25.7 Å². The maximum absolute atomic E-state index is 12.0. The number of nitrogens with one attached hydrogen (secondary N) is 1. The van der Waals surface area contributed by atoms with E-state index < -0.39 is 9.84 Å². The van der Waals surface area contributed by atoms with Crippen LogP contribution in [0.4, 0.5) is 0 Å². The third-order valence-electron chi connectivity index (χ3n) is 5.06. The Morgan fingerprint density at radius 2 is 2.14 bits per heavy atom. The van der Waals surface area contributed by atoms with Gasteiger partial charge in [0.2, 0.25) is 4.77 Å². The maximum atomic E-state index is 12.0. The summed E-state index contributed by atoms with van der Waals surface area (Å²) in [5.41, 5.74) is 0.982. The molecule has 1 saturated heterocycles. The van der Waals surface area contributed by atoms with Gasteiger partial charge in [-0.15, -0.1) is 11.7 Å². The smallest absolute Gasteiger partial charge is 0.203 e. The van der Waals surface area contributed by atoms with Crippen molar-refractivity contribution in [2.24, 2.45) is 0 Å². The van der Waals surface area contributed by atoms with E-state index in [0.29, 0.717) is 37.6 Å². The first-order chi connectivity index (χ1) is 13.4. The Balaban J connectivity index is 1.92. The highest BCUT2D eigenvalue weighted by molar-refractivity contribution is 7.91. The molecule has 2 aromatic rings. The molecule has 0 amide bonds. The molecule has 1 fully saturated rings. The first kappa shape index (κ1) is 20.9. The predicted molar refractivity (Wildman–Crippen MR) is 111 cm³/mol. The Labute approximate surface area is 171 Å². The van der Waals surface area contributed by atoms with Crippen LogP contribution < -0.4 is 4.90 Å². The van der Waals surface area contributed by atoms with Crippen LogP contribution in [0.15, 0.2) is 43.0 Å². The summed E-state index contributed by atoms with van der Waals surface area (Å²) in [6.07, 6.45) is 2.46. The van der Waals surface area contributed by atoms with Gasteiger partial charge in [0.1, 0.15) is 18.3 Å². The lowest BCUT2D eigenvalue weighted by molar-refractivity contribution is -0.945. The van der Waals surface area contributed by atoms with Crippen molar-refractivity contribution in [3.05, 3.63) is 47.8 Å². The van der Waals surface area contributed by atoms with Crippen molar-refractivity contribution in [3.8, 4) is 11.4 Å². The van der Waals surface area contributed by atoms with Crippen molar-refractivity contribution in [3.63, 3.8) is 0 Å². The van der Waals surface area contributed by atoms with Crippen LogP contribution >= 0.6 is 12.2 Å². The van der Waals surface area contributed by atoms with Crippen molar-refractivity contribution < 1.29 is 18.1 Å². The number of methoxy groups -OCH3 is 1. The van der Waals surface area contributed by atoms with E-state index in [0.717, 1.165) is 16.3 Å². The van der Waals surface area contributed by atoms with Gasteiger partial charge >= 0.3 is 0 Å². The number of quaternary nitrogens is 1. The standard InChI is InChI=1S/C19H26N4O3S2/c1-3-10-22-18(16-7-5-4-6-8-16)20-23(19(22)27)15-21(11-12-26-2)17-9-13-28(24,25)14-17/h3-8,17H,1,9-15H2,2H3/p+1/t17-/m1/s1. The Morgan fingerprint density at radius 3 is 2.75 bits per heavy atom. The summed E-state index contributed by atoms with van der Waals surface area (Å²) in [7, 11) is -1.30. The second-order valence-corrected chi connectivity index (χ2v) is 9.62. The minimum Gasteiger partial charge on any atom is -0.379 e. The fourth-order valence-corrected chi connectivity index (χ4v) is 5.69. The largest absolute Gasteiger partial charge is 0.379 e. The second-order valence-electron chi connectivity index (χ2n) is 7.03. The molecular formula is C19H27N4O3S2+. The molecule has 0 aliphatic carbocycles. The zero-order valence-corrected chi connectivity index (χ0v) is 17.7. The van der Waals surface area contributed by atoms with Gasteiger partial charge in [-0.25, -0.2) is 8.42 Å². The molecule has 2 heterocycles. The van der Waals surface area contributed by atoms with E-state index >= 15 is 0 Å². The number of hydrogen-bond acceptors (Lipinski definition) is 5. The molecule has 0 saturated carbocycles. The molecule has 1 aliphatic heterocycles. The molecule has 2 atom stereocenters. The van der Waals surface area contributed by atoms with E-state index in [1.165, 1.54) is 0 Å². The van der Waals surface area contributed by atoms with Crippen LogP contribution in [0.5, 0.6) is 0 Å². The quantitative estimate of drug-likeness (QED) is 0.480. The lowest BCUT2D eigenvalue weighted by atomic mass is 10.2. The number of benzene rings is 1. The molecular weight excluding hydrogens is 396 g/mol. The highest BCUT2D eigenvalue weighted by Gasteiger charge is 2.35. The zero-order valence-electron chi connectivity index (χ0n) is 16.1. The molecule has 0 spiro atoms. The van der Waals surface area contributed by atoms with E-state index in [1.54, 1.807) is 17.9 Å².